The van der Waals surface area contributed by atoms with E-state index in [1.165, 1.54) is 0 Å². The van der Waals surface area contributed by atoms with Crippen molar-refractivity contribution in [2.24, 2.45) is 0 Å². The van der Waals surface area contributed by atoms with Gasteiger partial charge in [0.05, 0.1) is 13.2 Å². The van der Waals surface area contributed by atoms with Crippen LogP contribution in [0.1, 0.15) is 27.0 Å². The van der Waals surface area contributed by atoms with Crippen molar-refractivity contribution in [3.8, 4) is 0 Å². The molecule has 96 valence electrons. The first-order valence-electron chi connectivity index (χ1n) is 5.94. The fourth-order valence-corrected chi connectivity index (χ4v) is 2.61. The van der Waals surface area contributed by atoms with Crippen LogP contribution in [0.25, 0.3) is 0 Å². The summed E-state index contributed by atoms with van der Waals surface area (Å²) in [6.07, 6.45) is 0. The zero-order valence-electron chi connectivity index (χ0n) is 10.2. The number of carbonyl (C=O) groups is 1. The Bertz CT molecular complexity index is 667. The minimum atomic E-state index is -0.0334. The maximum atomic E-state index is 12.5. The van der Waals surface area contributed by atoms with Crippen molar-refractivity contribution < 1.29 is 9.53 Å². The summed E-state index contributed by atoms with van der Waals surface area (Å²) in [4.78, 5) is 12.5. The molecule has 3 nitrogen and oxygen atoms in total. The van der Waals surface area contributed by atoms with Crippen LogP contribution in [-0.2, 0) is 18.0 Å². The summed E-state index contributed by atoms with van der Waals surface area (Å²) in [5, 5.41) is 0. The van der Waals surface area contributed by atoms with Crippen LogP contribution in [0.15, 0.2) is 40.9 Å². The van der Waals surface area contributed by atoms with E-state index in [0.29, 0.717) is 30.0 Å². The van der Waals surface area contributed by atoms with Gasteiger partial charge in [-0.25, -0.2) is 0 Å². The Morgan fingerprint density at radius 3 is 2.74 bits per heavy atom. The first-order chi connectivity index (χ1) is 9.15. The van der Waals surface area contributed by atoms with E-state index in [4.69, 9.17) is 10.5 Å². The number of ketones is 1. The summed E-state index contributed by atoms with van der Waals surface area (Å²) in [6.45, 7) is 1.21. The maximum absolute atomic E-state index is 12.5. The van der Waals surface area contributed by atoms with Gasteiger partial charge < -0.3 is 10.5 Å². The molecule has 0 unspecified atom stereocenters. The van der Waals surface area contributed by atoms with Crippen molar-refractivity contribution in [2.75, 3.05) is 5.73 Å². The first-order valence-corrected chi connectivity index (χ1v) is 6.74. The molecule has 2 N–H and O–H groups in total. The second-order valence-corrected chi connectivity index (χ2v) is 5.40. The van der Waals surface area contributed by atoms with E-state index in [1.807, 2.05) is 18.2 Å². The third-order valence-corrected chi connectivity index (χ3v) is 3.91. The number of rotatable bonds is 2. The predicted octanol–water partition coefficient (Wildman–Crippen LogP) is 3.29. The summed E-state index contributed by atoms with van der Waals surface area (Å²) in [6, 6.07) is 10.9. The molecule has 0 amide bonds. The second kappa shape index (κ2) is 4.79. The average molecular weight is 318 g/mol. The molecule has 1 aliphatic rings. The van der Waals surface area contributed by atoms with E-state index < -0.39 is 0 Å². The molecular weight excluding hydrogens is 306 g/mol. The van der Waals surface area contributed by atoms with Gasteiger partial charge in [0.15, 0.2) is 5.78 Å². The minimum Gasteiger partial charge on any atom is -0.399 e. The normalized spacial score (nSPS) is 13.3. The van der Waals surface area contributed by atoms with Crippen LogP contribution in [0.5, 0.6) is 0 Å². The molecule has 0 aliphatic carbocycles. The van der Waals surface area contributed by atoms with Gasteiger partial charge in [0.25, 0.3) is 0 Å². The quantitative estimate of drug-likeness (QED) is 0.683. The molecule has 1 aliphatic heterocycles. The lowest BCUT2D eigenvalue weighted by molar-refractivity contribution is 0.103. The molecule has 2 aromatic rings. The fraction of sp³-hybridized carbons (Fsp3) is 0.133. The van der Waals surface area contributed by atoms with Crippen molar-refractivity contribution in [1.82, 2.24) is 0 Å². The van der Waals surface area contributed by atoms with Crippen molar-refractivity contribution in [2.45, 2.75) is 13.2 Å². The molecule has 4 heteroatoms. The van der Waals surface area contributed by atoms with Crippen molar-refractivity contribution in [3.63, 3.8) is 0 Å². The molecule has 0 atom stereocenters. The lowest BCUT2D eigenvalue weighted by Gasteiger charge is -2.06. The number of carbonyl (C=O) groups excluding carboxylic acids is 1. The zero-order chi connectivity index (χ0) is 13.4. The summed E-state index contributed by atoms with van der Waals surface area (Å²) in [5.74, 6) is -0.0334. The maximum Gasteiger partial charge on any atom is 0.194 e. The monoisotopic (exact) mass is 317 g/mol. The van der Waals surface area contributed by atoms with Gasteiger partial charge in [-0.1, -0.05) is 28.1 Å². The molecular formula is C15H12BrNO2. The highest BCUT2D eigenvalue weighted by atomic mass is 79.9. The van der Waals surface area contributed by atoms with E-state index in [2.05, 4.69) is 15.9 Å². The predicted molar refractivity (Wildman–Crippen MR) is 76.9 cm³/mol. The van der Waals surface area contributed by atoms with Crippen LogP contribution < -0.4 is 5.73 Å². The van der Waals surface area contributed by atoms with Gasteiger partial charge in [-0.05, 0) is 35.4 Å². The number of ether oxygens (including phenoxy) is 1. The van der Waals surface area contributed by atoms with Crippen molar-refractivity contribution in [3.05, 3.63) is 63.1 Å². The number of anilines is 1. The molecule has 0 aromatic heterocycles. The van der Waals surface area contributed by atoms with Crippen LogP contribution in [0.3, 0.4) is 0 Å². The van der Waals surface area contributed by atoms with Gasteiger partial charge in [-0.15, -0.1) is 0 Å². The summed E-state index contributed by atoms with van der Waals surface area (Å²) in [7, 11) is 0. The van der Waals surface area contributed by atoms with E-state index >= 15 is 0 Å². The molecule has 3 rings (SSSR count). The standard InChI is InChI=1S/C15H12BrNO2/c16-14-4-3-12(17)6-13(14)15(18)9-1-2-10-7-19-8-11(10)5-9/h1-6H,7-8,17H2. The number of halogens is 1. The molecule has 2 aromatic carbocycles. The minimum absolute atomic E-state index is 0.0334. The van der Waals surface area contributed by atoms with Crippen molar-refractivity contribution >= 4 is 27.4 Å². The largest absolute Gasteiger partial charge is 0.399 e. The molecule has 1 heterocycles. The fourth-order valence-electron chi connectivity index (χ4n) is 2.19. The Kier molecular flexibility index (Phi) is 3.12. The highest BCUT2D eigenvalue weighted by molar-refractivity contribution is 9.10. The van der Waals surface area contributed by atoms with Gasteiger partial charge in [-0.2, -0.15) is 0 Å². The van der Waals surface area contributed by atoms with E-state index in [1.54, 1.807) is 18.2 Å². The lowest BCUT2D eigenvalue weighted by Crippen LogP contribution is -2.04. The Morgan fingerprint density at radius 1 is 1.11 bits per heavy atom. The third kappa shape index (κ3) is 2.29. The molecule has 0 bridgehead atoms. The number of nitrogen functional groups attached to an aromatic ring is 1. The number of hydrogen-bond donors (Lipinski definition) is 1. The molecule has 0 saturated carbocycles. The average Bonchev–Trinajstić information content (AvgIpc) is 2.88. The summed E-state index contributed by atoms with van der Waals surface area (Å²) >= 11 is 3.39. The van der Waals surface area contributed by atoms with E-state index in [-0.39, 0.29) is 5.78 Å². The Morgan fingerprint density at radius 2 is 1.89 bits per heavy atom. The van der Waals surface area contributed by atoms with Gasteiger partial charge in [0, 0.05) is 21.3 Å². The molecule has 0 saturated heterocycles. The number of nitrogens with two attached hydrogens (primary N) is 1. The number of hydrogen-bond acceptors (Lipinski definition) is 3. The number of benzene rings is 2. The van der Waals surface area contributed by atoms with Gasteiger partial charge in [0.2, 0.25) is 0 Å². The summed E-state index contributed by atoms with van der Waals surface area (Å²) < 4.78 is 6.11. The van der Waals surface area contributed by atoms with Crippen LogP contribution in [0.2, 0.25) is 0 Å². The van der Waals surface area contributed by atoms with Crippen LogP contribution in [0, 0.1) is 0 Å². The SMILES string of the molecule is Nc1ccc(Br)c(C(=O)c2ccc3c(c2)COC3)c1. The number of fused-ring (bicyclic) bond motifs is 1. The van der Waals surface area contributed by atoms with E-state index in [9.17, 15) is 4.79 Å². The molecule has 0 spiro atoms. The Balaban J connectivity index is 2.02. The highest BCUT2D eigenvalue weighted by Crippen LogP contribution is 2.25. The zero-order valence-corrected chi connectivity index (χ0v) is 11.7. The smallest absolute Gasteiger partial charge is 0.194 e. The summed E-state index contributed by atoms with van der Waals surface area (Å²) in [5.41, 5.74) is 9.81. The second-order valence-electron chi connectivity index (χ2n) is 4.54. The first kappa shape index (κ1) is 12.4. The third-order valence-electron chi connectivity index (χ3n) is 3.22. The van der Waals surface area contributed by atoms with Crippen LogP contribution in [-0.4, -0.2) is 5.78 Å². The molecule has 0 radical (unpaired) electrons. The van der Waals surface area contributed by atoms with Crippen LogP contribution in [0.4, 0.5) is 5.69 Å². The molecule has 19 heavy (non-hydrogen) atoms. The van der Waals surface area contributed by atoms with Gasteiger partial charge in [0.1, 0.15) is 0 Å². The molecule has 0 fully saturated rings. The highest BCUT2D eigenvalue weighted by Gasteiger charge is 2.17. The van der Waals surface area contributed by atoms with Crippen molar-refractivity contribution in [1.29, 1.82) is 0 Å². The Hall–Kier alpha value is -1.65. The van der Waals surface area contributed by atoms with E-state index in [0.717, 1.165) is 15.6 Å². The topological polar surface area (TPSA) is 52.3 Å². The Labute approximate surface area is 119 Å². The van der Waals surface area contributed by atoms with Gasteiger partial charge in [-0.3, -0.25) is 4.79 Å². The van der Waals surface area contributed by atoms with Gasteiger partial charge >= 0.3 is 0 Å². The van der Waals surface area contributed by atoms with Crippen LogP contribution >= 0.6 is 15.9 Å². The lowest BCUT2D eigenvalue weighted by atomic mass is 9.99.